The second-order valence-electron chi connectivity index (χ2n) is 7.12. The van der Waals surface area contributed by atoms with Crippen LogP contribution in [-0.4, -0.2) is 39.4 Å². The maximum Gasteiger partial charge on any atom is 0.362 e. The average Bonchev–Trinajstić information content (AvgIpc) is 2.87. The Hall–Kier alpha value is -3.25. The van der Waals surface area contributed by atoms with Crippen LogP contribution >= 0.6 is 7.60 Å². The Bertz CT molecular complexity index is 1200. The number of hydrogen-bond donors (Lipinski definition) is 0. The van der Waals surface area contributed by atoms with E-state index in [1.165, 1.54) is 20.3 Å². The molecule has 0 radical (unpaired) electrons. The van der Waals surface area contributed by atoms with Gasteiger partial charge in [-0.2, -0.15) is 0 Å². The number of hydrogen-bond acceptors (Lipinski definition) is 7. The molecule has 0 aliphatic carbocycles. The van der Waals surface area contributed by atoms with Gasteiger partial charge < -0.3 is 18.5 Å². The van der Waals surface area contributed by atoms with Gasteiger partial charge in [0.25, 0.3) is 0 Å². The molecule has 0 heterocycles. The number of carbonyl (C=O) groups excluding carboxylic acids is 2. The standard InChI is InChI=1S/C26H27O7P/c1-5-32-34(29,33-6-2)21-17-20(25(27)30-3)22(18-13-9-7-10-14-18)23(24(21)26(28)31-4)19-15-11-8-12-16-19/h7-17H,5-6H2,1-4H3. The van der Waals surface area contributed by atoms with Gasteiger partial charge >= 0.3 is 19.5 Å². The smallest absolute Gasteiger partial charge is 0.362 e. The predicted molar refractivity (Wildman–Crippen MR) is 130 cm³/mol. The van der Waals surface area contributed by atoms with Gasteiger partial charge in [-0.15, -0.1) is 0 Å². The van der Waals surface area contributed by atoms with Gasteiger partial charge in [0.1, 0.15) is 0 Å². The molecule has 0 saturated heterocycles. The van der Waals surface area contributed by atoms with E-state index in [-0.39, 0.29) is 29.6 Å². The molecule has 0 aliphatic heterocycles. The fraction of sp³-hybridized carbons (Fsp3) is 0.231. The number of benzene rings is 3. The summed E-state index contributed by atoms with van der Waals surface area (Å²) in [6, 6.07) is 19.5. The highest BCUT2D eigenvalue weighted by molar-refractivity contribution is 7.62. The third-order valence-corrected chi connectivity index (χ3v) is 7.26. The van der Waals surface area contributed by atoms with Crippen LogP contribution in [0.3, 0.4) is 0 Å². The Morgan fingerprint density at radius 1 is 0.735 bits per heavy atom. The van der Waals surface area contributed by atoms with Gasteiger partial charge in [0.2, 0.25) is 0 Å². The van der Waals surface area contributed by atoms with Gasteiger partial charge in [0.15, 0.2) is 0 Å². The Kier molecular flexibility index (Phi) is 8.40. The third kappa shape index (κ3) is 4.97. The first-order chi connectivity index (χ1) is 16.4. The lowest BCUT2D eigenvalue weighted by Crippen LogP contribution is -2.24. The van der Waals surface area contributed by atoms with Crippen LogP contribution in [0.2, 0.25) is 0 Å². The van der Waals surface area contributed by atoms with Gasteiger partial charge in [-0.05, 0) is 31.0 Å². The van der Waals surface area contributed by atoms with Crippen molar-refractivity contribution in [1.29, 1.82) is 0 Å². The van der Waals surface area contributed by atoms with Crippen molar-refractivity contribution in [2.24, 2.45) is 0 Å². The molecular weight excluding hydrogens is 455 g/mol. The predicted octanol–water partition coefficient (Wildman–Crippen LogP) is 5.49. The van der Waals surface area contributed by atoms with Crippen molar-refractivity contribution >= 4 is 24.8 Å². The molecule has 3 aromatic carbocycles. The van der Waals surface area contributed by atoms with Crippen LogP contribution in [0, 0.1) is 0 Å². The molecule has 3 rings (SSSR count). The van der Waals surface area contributed by atoms with E-state index in [9.17, 15) is 14.2 Å². The van der Waals surface area contributed by atoms with Crippen LogP contribution in [0.1, 0.15) is 34.6 Å². The van der Waals surface area contributed by atoms with Crippen molar-refractivity contribution in [3.63, 3.8) is 0 Å². The van der Waals surface area contributed by atoms with Crippen LogP contribution in [0.5, 0.6) is 0 Å². The third-order valence-electron chi connectivity index (χ3n) is 5.12. The molecule has 3 aromatic rings. The number of methoxy groups -OCH3 is 2. The second-order valence-corrected chi connectivity index (χ2v) is 9.11. The molecule has 0 aliphatic rings. The monoisotopic (exact) mass is 482 g/mol. The van der Waals surface area contributed by atoms with Crippen LogP contribution in [0.4, 0.5) is 0 Å². The first-order valence-electron chi connectivity index (χ1n) is 10.8. The van der Waals surface area contributed by atoms with Crippen molar-refractivity contribution in [3.8, 4) is 22.3 Å². The maximum absolute atomic E-state index is 13.9. The molecule has 178 valence electrons. The summed E-state index contributed by atoms with van der Waals surface area (Å²) in [6.07, 6.45) is 0. The number of ether oxygens (including phenoxy) is 2. The van der Waals surface area contributed by atoms with Gasteiger partial charge in [-0.3, -0.25) is 4.57 Å². The quantitative estimate of drug-likeness (QED) is 0.295. The SMILES string of the molecule is CCOP(=O)(OCC)c1cc(C(=O)OC)c(-c2ccccc2)c(-c2ccccc2)c1C(=O)OC. The zero-order valence-electron chi connectivity index (χ0n) is 19.6. The van der Waals surface area contributed by atoms with E-state index in [1.54, 1.807) is 38.1 Å². The van der Waals surface area contributed by atoms with E-state index in [4.69, 9.17) is 18.5 Å². The summed E-state index contributed by atoms with van der Waals surface area (Å²) >= 11 is 0. The zero-order chi connectivity index (χ0) is 24.7. The summed E-state index contributed by atoms with van der Waals surface area (Å²) in [4.78, 5) is 26.3. The van der Waals surface area contributed by atoms with E-state index in [0.29, 0.717) is 22.3 Å². The van der Waals surface area contributed by atoms with Gasteiger partial charge in [0.05, 0.1) is 43.9 Å². The highest BCUT2D eigenvalue weighted by atomic mass is 31.2. The minimum absolute atomic E-state index is 0.00504. The molecule has 34 heavy (non-hydrogen) atoms. The molecule has 7 nitrogen and oxygen atoms in total. The minimum atomic E-state index is -4.02. The van der Waals surface area contributed by atoms with E-state index in [0.717, 1.165) is 0 Å². The summed E-state index contributed by atoms with van der Waals surface area (Å²) in [5, 5.41) is -0.0537. The van der Waals surface area contributed by atoms with Crippen LogP contribution in [-0.2, 0) is 23.1 Å². The Morgan fingerprint density at radius 2 is 1.21 bits per heavy atom. The van der Waals surface area contributed by atoms with Crippen molar-refractivity contribution in [2.75, 3.05) is 27.4 Å². The summed E-state index contributed by atoms with van der Waals surface area (Å²) < 4.78 is 35.3. The highest BCUT2D eigenvalue weighted by Gasteiger charge is 2.38. The Morgan fingerprint density at radius 3 is 1.65 bits per heavy atom. The summed E-state index contributed by atoms with van der Waals surface area (Å²) in [5.41, 5.74) is 2.23. The average molecular weight is 482 g/mol. The van der Waals surface area contributed by atoms with Crippen LogP contribution in [0.15, 0.2) is 66.7 Å². The van der Waals surface area contributed by atoms with Crippen molar-refractivity contribution in [2.45, 2.75) is 13.8 Å². The summed E-state index contributed by atoms with van der Waals surface area (Å²) in [5.74, 6) is -1.39. The van der Waals surface area contributed by atoms with Gasteiger partial charge in [-0.1, -0.05) is 60.7 Å². The van der Waals surface area contributed by atoms with Crippen LogP contribution in [0.25, 0.3) is 22.3 Å². The molecule has 0 unspecified atom stereocenters. The van der Waals surface area contributed by atoms with E-state index >= 15 is 0 Å². The molecule has 0 fully saturated rings. The lowest BCUT2D eigenvalue weighted by molar-refractivity contribution is 0.0589. The first-order valence-corrected chi connectivity index (χ1v) is 12.3. The molecule has 0 aromatic heterocycles. The minimum Gasteiger partial charge on any atom is -0.465 e. The van der Waals surface area contributed by atoms with E-state index in [2.05, 4.69) is 0 Å². The van der Waals surface area contributed by atoms with Gasteiger partial charge in [0, 0.05) is 11.1 Å². The van der Waals surface area contributed by atoms with E-state index in [1.807, 2.05) is 36.4 Å². The fourth-order valence-electron chi connectivity index (χ4n) is 3.78. The molecule has 0 amide bonds. The highest BCUT2D eigenvalue weighted by Crippen LogP contribution is 2.51. The van der Waals surface area contributed by atoms with Crippen molar-refractivity contribution < 1.29 is 32.7 Å². The van der Waals surface area contributed by atoms with E-state index < -0.39 is 19.5 Å². The molecule has 0 atom stereocenters. The largest absolute Gasteiger partial charge is 0.465 e. The van der Waals surface area contributed by atoms with Crippen LogP contribution < -0.4 is 5.30 Å². The Labute approximate surface area is 199 Å². The lowest BCUT2D eigenvalue weighted by Gasteiger charge is -2.25. The number of carbonyl (C=O) groups is 2. The summed E-state index contributed by atoms with van der Waals surface area (Å²) in [7, 11) is -1.52. The zero-order valence-corrected chi connectivity index (χ0v) is 20.5. The Balaban J connectivity index is 2.61. The van der Waals surface area contributed by atoms with Crippen molar-refractivity contribution in [1.82, 2.24) is 0 Å². The molecule has 0 N–H and O–H groups in total. The first kappa shape index (κ1) is 25.4. The number of esters is 2. The topological polar surface area (TPSA) is 88.1 Å². The molecule has 8 heteroatoms. The molecule has 0 spiro atoms. The number of rotatable bonds is 9. The molecule has 0 saturated carbocycles. The second kappa shape index (κ2) is 11.3. The van der Waals surface area contributed by atoms with Crippen molar-refractivity contribution in [3.05, 3.63) is 77.9 Å². The fourth-order valence-corrected chi connectivity index (χ4v) is 5.58. The maximum atomic E-state index is 13.9. The lowest BCUT2D eigenvalue weighted by atomic mass is 9.86. The summed E-state index contributed by atoms with van der Waals surface area (Å²) in [6.45, 7) is 3.46. The molecule has 0 bridgehead atoms. The van der Waals surface area contributed by atoms with Gasteiger partial charge in [-0.25, -0.2) is 9.59 Å². The normalized spacial score (nSPS) is 11.2. The molecular formula is C26H27O7P.